The van der Waals surface area contributed by atoms with Crippen LogP contribution in [0.2, 0.25) is 0 Å². The maximum absolute atomic E-state index is 4.01. The van der Waals surface area contributed by atoms with Gasteiger partial charge < -0.3 is 0 Å². The van der Waals surface area contributed by atoms with Crippen LogP contribution in [0.3, 0.4) is 0 Å². The highest BCUT2D eigenvalue weighted by Crippen LogP contribution is 2.19. The first-order chi connectivity index (χ1) is 9.92. The van der Waals surface area contributed by atoms with Crippen LogP contribution >= 0.6 is 0 Å². The molecule has 0 unspecified atom stereocenters. The van der Waals surface area contributed by atoms with Gasteiger partial charge >= 0.3 is 0 Å². The fourth-order valence-electron chi connectivity index (χ4n) is 2.08. The largest absolute Gasteiger partial charge is 0.265 e. The lowest BCUT2D eigenvalue weighted by atomic mass is 10.0. The Morgan fingerprint density at radius 3 is 1.75 bits per heavy atom. The smallest absolute Gasteiger partial charge is 0.0273 e. The Labute approximate surface area is 119 Å². The summed E-state index contributed by atoms with van der Waals surface area (Å²) >= 11 is 0. The molecule has 0 amide bonds. The Morgan fingerprint density at radius 1 is 0.550 bits per heavy atom. The zero-order valence-corrected chi connectivity index (χ0v) is 11.1. The Bertz CT molecular complexity index is 683. The van der Waals surface area contributed by atoms with Gasteiger partial charge in [0.25, 0.3) is 0 Å². The number of nitrogens with zero attached hydrogens (tertiary/aromatic N) is 1. The molecule has 0 aliphatic heterocycles. The number of hydrogen-bond acceptors (Lipinski definition) is 1. The SMILES string of the molecule is C(=C\c1ccc(-c2ccccc2)cc1)/c1ccncc1. The summed E-state index contributed by atoms with van der Waals surface area (Å²) in [5.41, 5.74) is 4.84. The lowest BCUT2D eigenvalue weighted by molar-refractivity contribution is 1.32. The Morgan fingerprint density at radius 2 is 1.10 bits per heavy atom. The van der Waals surface area contributed by atoms with Crippen LogP contribution in [0, 0.1) is 0 Å². The van der Waals surface area contributed by atoms with Crippen molar-refractivity contribution in [1.82, 2.24) is 4.98 Å². The van der Waals surface area contributed by atoms with Gasteiger partial charge in [-0.15, -0.1) is 0 Å². The van der Waals surface area contributed by atoms with Crippen molar-refractivity contribution in [2.75, 3.05) is 0 Å². The lowest BCUT2D eigenvalue weighted by Gasteiger charge is -2.01. The molecule has 1 heterocycles. The fraction of sp³-hybridized carbons (Fsp3) is 0. The minimum Gasteiger partial charge on any atom is -0.265 e. The molecule has 1 nitrogen and oxygen atoms in total. The van der Waals surface area contributed by atoms with E-state index in [-0.39, 0.29) is 0 Å². The molecule has 0 radical (unpaired) electrons. The Hall–Kier alpha value is -2.67. The number of pyridine rings is 1. The van der Waals surface area contributed by atoms with Crippen molar-refractivity contribution in [1.29, 1.82) is 0 Å². The van der Waals surface area contributed by atoms with Crippen LogP contribution in [0.25, 0.3) is 23.3 Å². The number of aromatic nitrogens is 1. The highest BCUT2D eigenvalue weighted by Gasteiger charge is 1.95. The van der Waals surface area contributed by atoms with Crippen molar-refractivity contribution in [3.8, 4) is 11.1 Å². The number of benzene rings is 2. The van der Waals surface area contributed by atoms with Gasteiger partial charge in [-0.3, -0.25) is 4.98 Å². The number of rotatable bonds is 3. The van der Waals surface area contributed by atoms with E-state index in [0.717, 1.165) is 5.56 Å². The first-order valence-electron chi connectivity index (χ1n) is 6.65. The summed E-state index contributed by atoms with van der Waals surface area (Å²) in [6.45, 7) is 0. The first-order valence-corrected chi connectivity index (χ1v) is 6.65. The van der Waals surface area contributed by atoms with E-state index >= 15 is 0 Å². The molecule has 3 rings (SSSR count). The zero-order chi connectivity index (χ0) is 13.6. The molecule has 1 heteroatoms. The van der Waals surface area contributed by atoms with E-state index in [4.69, 9.17) is 0 Å². The maximum atomic E-state index is 4.01. The zero-order valence-electron chi connectivity index (χ0n) is 11.1. The molecule has 0 atom stereocenters. The topological polar surface area (TPSA) is 12.9 Å². The van der Waals surface area contributed by atoms with E-state index in [1.807, 2.05) is 18.2 Å². The third kappa shape index (κ3) is 3.01. The highest BCUT2D eigenvalue weighted by atomic mass is 14.6. The highest BCUT2D eigenvalue weighted by molar-refractivity contribution is 5.71. The van der Waals surface area contributed by atoms with Gasteiger partial charge in [-0.25, -0.2) is 0 Å². The van der Waals surface area contributed by atoms with Crippen LogP contribution < -0.4 is 0 Å². The minimum atomic E-state index is 1.16. The van der Waals surface area contributed by atoms with E-state index in [9.17, 15) is 0 Å². The minimum absolute atomic E-state index is 1.16. The van der Waals surface area contributed by atoms with E-state index in [1.165, 1.54) is 16.7 Å². The van der Waals surface area contributed by atoms with Gasteiger partial charge in [0.15, 0.2) is 0 Å². The number of hydrogen-bond donors (Lipinski definition) is 0. The van der Waals surface area contributed by atoms with E-state index < -0.39 is 0 Å². The molecule has 20 heavy (non-hydrogen) atoms. The van der Waals surface area contributed by atoms with Crippen molar-refractivity contribution in [3.05, 3.63) is 90.3 Å². The summed E-state index contributed by atoms with van der Waals surface area (Å²) in [6, 6.07) is 23.0. The molecule has 0 saturated carbocycles. The molecule has 96 valence electrons. The molecule has 1 aromatic heterocycles. The molecule has 0 spiro atoms. The normalized spacial score (nSPS) is 10.8. The summed E-state index contributed by atoms with van der Waals surface area (Å²) in [5.74, 6) is 0. The van der Waals surface area contributed by atoms with Crippen LogP contribution in [-0.2, 0) is 0 Å². The van der Waals surface area contributed by atoms with E-state index in [2.05, 4.69) is 65.7 Å². The second-order valence-electron chi connectivity index (χ2n) is 4.60. The van der Waals surface area contributed by atoms with Crippen LogP contribution in [-0.4, -0.2) is 4.98 Å². The molecule has 0 N–H and O–H groups in total. The van der Waals surface area contributed by atoms with Gasteiger partial charge in [0.05, 0.1) is 0 Å². The molecule has 0 bridgehead atoms. The standard InChI is InChI=1S/C19H15N/c1-2-4-18(5-3-1)19-10-8-16(9-11-19)6-7-17-12-14-20-15-13-17/h1-15H/b7-6+. The summed E-state index contributed by atoms with van der Waals surface area (Å²) in [5, 5.41) is 0. The second-order valence-corrected chi connectivity index (χ2v) is 4.60. The summed E-state index contributed by atoms with van der Waals surface area (Å²) in [7, 11) is 0. The average molecular weight is 257 g/mol. The van der Waals surface area contributed by atoms with Gasteiger partial charge in [-0.2, -0.15) is 0 Å². The van der Waals surface area contributed by atoms with E-state index in [1.54, 1.807) is 12.4 Å². The van der Waals surface area contributed by atoms with Crippen LogP contribution in [0.15, 0.2) is 79.1 Å². The van der Waals surface area contributed by atoms with Crippen molar-refractivity contribution in [2.24, 2.45) is 0 Å². The predicted molar refractivity (Wildman–Crippen MR) is 85.0 cm³/mol. The first kappa shape index (κ1) is 12.4. The van der Waals surface area contributed by atoms with Crippen LogP contribution in [0.1, 0.15) is 11.1 Å². The molecule has 0 saturated heterocycles. The van der Waals surface area contributed by atoms with Gasteiger partial charge in [-0.1, -0.05) is 66.7 Å². The van der Waals surface area contributed by atoms with Crippen LogP contribution in [0.4, 0.5) is 0 Å². The van der Waals surface area contributed by atoms with Crippen molar-refractivity contribution in [2.45, 2.75) is 0 Å². The Kier molecular flexibility index (Phi) is 3.70. The molecule has 2 aromatic carbocycles. The maximum Gasteiger partial charge on any atom is 0.0273 e. The summed E-state index contributed by atoms with van der Waals surface area (Å²) in [6.07, 6.45) is 7.82. The molecule has 0 aliphatic rings. The van der Waals surface area contributed by atoms with Crippen molar-refractivity contribution < 1.29 is 0 Å². The molecule has 0 aliphatic carbocycles. The quantitative estimate of drug-likeness (QED) is 0.649. The van der Waals surface area contributed by atoms with Crippen molar-refractivity contribution >= 4 is 12.2 Å². The predicted octanol–water partition coefficient (Wildman–Crippen LogP) is 4.92. The van der Waals surface area contributed by atoms with Crippen LogP contribution in [0.5, 0.6) is 0 Å². The van der Waals surface area contributed by atoms with Gasteiger partial charge in [0.1, 0.15) is 0 Å². The lowest BCUT2D eigenvalue weighted by Crippen LogP contribution is -1.78. The second kappa shape index (κ2) is 5.98. The monoisotopic (exact) mass is 257 g/mol. The third-order valence-electron chi connectivity index (χ3n) is 3.19. The molecule has 3 aromatic rings. The summed E-state index contributed by atoms with van der Waals surface area (Å²) in [4.78, 5) is 4.01. The van der Waals surface area contributed by atoms with Crippen molar-refractivity contribution in [3.63, 3.8) is 0 Å². The Balaban J connectivity index is 1.79. The molecular formula is C19H15N. The van der Waals surface area contributed by atoms with E-state index in [0.29, 0.717) is 0 Å². The van der Waals surface area contributed by atoms with Gasteiger partial charge in [-0.05, 0) is 34.4 Å². The van der Waals surface area contributed by atoms with Gasteiger partial charge in [0, 0.05) is 12.4 Å². The summed E-state index contributed by atoms with van der Waals surface area (Å²) < 4.78 is 0. The third-order valence-corrected chi connectivity index (χ3v) is 3.19. The molecular weight excluding hydrogens is 242 g/mol. The van der Waals surface area contributed by atoms with Gasteiger partial charge in [0.2, 0.25) is 0 Å². The molecule has 0 fully saturated rings. The fourth-order valence-corrected chi connectivity index (χ4v) is 2.08. The average Bonchev–Trinajstić information content (AvgIpc) is 2.55.